The summed E-state index contributed by atoms with van der Waals surface area (Å²) in [6.07, 6.45) is 0. The molecule has 3 aromatic rings. The standard InChI is InChI=1S/C28H27N3O8S/c1-37-24-9-7-18(17-31-27(33)20-5-3-4-6-21(20)28(31)34)15-22(24)26(32)29-23-16-19(8-10-25(23)38-2)40(35,36)30-11-13-39-14-12-30/h3-10,15-16H,11-14,17H2,1-2H3,(H,29,32). The van der Waals surface area contributed by atoms with E-state index in [1.54, 1.807) is 36.4 Å². The highest BCUT2D eigenvalue weighted by Gasteiger charge is 2.35. The highest BCUT2D eigenvalue weighted by molar-refractivity contribution is 7.89. The van der Waals surface area contributed by atoms with Gasteiger partial charge in [0, 0.05) is 13.1 Å². The van der Waals surface area contributed by atoms with Crippen molar-refractivity contribution in [1.82, 2.24) is 9.21 Å². The van der Waals surface area contributed by atoms with E-state index in [1.165, 1.54) is 42.8 Å². The molecule has 1 N–H and O–H groups in total. The Morgan fingerprint density at radius 1 is 0.900 bits per heavy atom. The van der Waals surface area contributed by atoms with Crippen LogP contribution >= 0.6 is 0 Å². The Kier molecular flexibility index (Phi) is 7.57. The van der Waals surface area contributed by atoms with E-state index in [-0.39, 0.29) is 47.3 Å². The number of amides is 3. The van der Waals surface area contributed by atoms with Crippen molar-refractivity contribution in [2.24, 2.45) is 0 Å². The molecule has 40 heavy (non-hydrogen) atoms. The number of rotatable bonds is 8. The predicted molar refractivity (Wildman–Crippen MR) is 144 cm³/mol. The topological polar surface area (TPSA) is 132 Å². The summed E-state index contributed by atoms with van der Waals surface area (Å²) in [4.78, 5) is 40.2. The van der Waals surface area contributed by atoms with E-state index >= 15 is 0 Å². The summed E-state index contributed by atoms with van der Waals surface area (Å²) < 4.78 is 43.7. The van der Waals surface area contributed by atoms with Crippen molar-refractivity contribution in [1.29, 1.82) is 0 Å². The molecule has 1 fully saturated rings. The molecule has 0 aromatic heterocycles. The highest BCUT2D eigenvalue weighted by atomic mass is 32.2. The molecule has 0 spiro atoms. The van der Waals surface area contributed by atoms with Gasteiger partial charge in [-0.15, -0.1) is 0 Å². The molecule has 0 saturated carbocycles. The summed E-state index contributed by atoms with van der Waals surface area (Å²) in [7, 11) is -1.01. The third-order valence-corrected chi connectivity index (χ3v) is 8.65. The van der Waals surface area contributed by atoms with E-state index in [2.05, 4.69) is 5.32 Å². The number of carbonyl (C=O) groups is 3. The minimum Gasteiger partial charge on any atom is -0.496 e. The molecule has 1 saturated heterocycles. The molecule has 0 radical (unpaired) electrons. The first kappa shape index (κ1) is 27.3. The Morgan fingerprint density at radius 3 is 2.15 bits per heavy atom. The Balaban J connectivity index is 1.41. The summed E-state index contributed by atoms with van der Waals surface area (Å²) in [5.41, 5.74) is 1.46. The van der Waals surface area contributed by atoms with Crippen LogP contribution in [0.5, 0.6) is 11.5 Å². The molecule has 2 aliphatic heterocycles. The van der Waals surface area contributed by atoms with Crippen LogP contribution in [-0.2, 0) is 21.3 Å². The quantitative estimate of drug-likeness (QED) is 0.413. The fraction of sp³-hybridized carbons (Fsp3) is 0.250. The first-order valence-electron chi connectivity index (χ1n) is 12.4. The van der Waals surface area contributed by atoms with E-state index in [9.17, 15) is 22.8 Å². The largest absolute Gasteiger partial charge is 0.496 e. The van der Waals surface area contributed by atoms with Gasteiger partial charge in [-0.1, -0.05) is 18.2 Å². The van der Waals surface area contributed by atoms with Gasteiger partial charge in [-0.2, -0.15) is 4.31 Å². The van der Waals surface area contributed by atoms with Crippen LogP contribution in [0.25, 0.3) is 0 Å². The van der Waals surface area contributed by atoms with Gasteiger partial charge in [0.2, 0.25) is 10.0 Å². The minimum atomic E-state index is -3.82. The average molecular weight is 566 g/mol. The lowest BCUT2D eigenvalue weighted by Crippen LogP contribution is -2.40. The maximum absolute atomic E-state index is 13.5. The number of morpholine rings is 1. The normalized spacial score (nSPS) is 15.6. The van der Waals surface area contributed by atoms with Crippen molar-refractivity contribution in [2.75, 3.05) is 45.8 Å². The Labute approximate surface area is 231 Å². The van der Waals surface area contributed by atoms with E-state index in [1.807, 2.05) is 0 Å². The number of ether oxygens (including phenoxy) is 3. The summed E-state index contributed by atoms with van der Waals surface area (Å²) in [6.45, 7) is 1.01. The van der Waals surface area contributed by atoms with E-state index < -0.39 is 27.7 Å². The van der Waals surface area contributed by atoms with Gasteiger partial charge in [0.05, 0.1) is 61.3 Å². The number of methoxy groups -OCH3 is 2. The lowest BCUT2D eigenvalue weighted by molar-refractivity contribution is 0.0642. The van der Waals surface area contributed by atoms with Crippen LogP contribution in [0, 0.1) is 0 Å². The zero-order chi connectivity index (χ0) is 28.4. The number of fused-ring (bicyclic) bond motifs is 1. The van der Waals surface area contributed by atoms with Crippen molar-refractivity contribution in [3.05, 3.63) is 82.9 Å². The molecule has 2 heterocycles. The fourth-order valence-electron chi connectivity index (χ4n) is 4.67. The molecule has 3 amide bonds. The molecule has 0 unspecified atom stereocenters. The molecule has 0 atom stereocenters. The number of nitrogens with one attached hydrogen (secondary N) is 1. The van der Waals surface area contributed by atoms with Gasteiger partial charge in [0.25, 0.3) is 17.7 Å². The lowest BCUT2D eigenvalue weighted by Gasteiger charge is -2.26. The second-order valence-corrected chi connectivity index (χ2v) is 11.0. The van der Waals surface area contributed by atoms with Gasteiger partial charge in [-0.25, -0.2) is 8.42 Å². The first-order valence-corrected chi connectivity index (χ1v) is 13.9. The summed E-state index contributed by atoms with van der Waals surface area (Å²) >= 11 is 0. The second kappa shape index (κ2) is 11.1. The van der Waals surface area contributed by atoms with Gasteiger partial charge in [-0.05, 0) is 48.0 Å². The van der Waals surface area contributed by atoms with Crippen LogP contribution in [0.3, 0.4) is 0 Å². The summed E-state index contributed by atoms with van der Waals surface area (Å²) in [5.74, 6) is -0.911. The molecular formula is C28H27N3O8S. The molecule has 11 nitrogen and oxygen atoms in total. The van der Waals surface area contributed by atoms with Crippen molar-refractivity contribution >= 4 is 33.4 Å². The fourth-order valence-corrected chi connectivity index (χ4v) is 6.10. The second-order valence-electron chi connectivity index (χ2n) is 9.11. The molecule has 0 bridgehead atoms. The minimum absolute atomic E-state index is 0.00293. The molecule has 2 aliphatic rings. The van der Waals surface area contributed by atoms with Gasteiger partial charge in [-0.3, -0.25) is 19.3 Å². The number of benzene rings is 3. The number of carbonyl (C=O) groups excluding carboxylic acids is 3. The van der Waals surface area contributed by atoms with Crippen molar-refractivity contribution in [2.45, 2.75) is 11.4 Å². The van der Waals surface area contributed by atoms with Crippen molar-refractivity contribution in [3.8, 4) is 11.5 Å². The Hall–Kier alpha value is -4.26. The number of hydrogen-bond acceptors (Lipinski definition) is 8. The third-order valence-electron chi connectivity index (χ3n) is 6.75. The maximum Gasteiger partial charge on any atom is 0.261 e. The number of imide groups is 1. The van der Waals surface area contributed by atoms with Crippen LogP contribution in [0.15, 0.2) is 65.6 Å². The Morgan fingerprint density at radius 2 is 1.52 bits per heavy atom. The first-order chi connectivity index (χ1) is 19.2. The van der Waals surface area contributed by atoms with Crippen LogP contribution in [0.2, 0.25) is 0 Å². The molecule has 0 aliphatic carbocycles. The summed E-state index contributed by atoms with van der Waals surface area (Å²) in [5, 5.41) is 2.72. The van der Waals surface area contributed by atoms with Crippen molar-refractivity contribution in [3.63, 3.8) is 0 Å². The highest BCUT2D eigenvalue weighted by Crippen LogP contribution is 2.31. The maximum atomic E-state index is 13.5. The van der Waals surface area contributed by atoms with Gasteiger partial charge < -0.3 is 19.5 Å². The molecule has 5 rings (SSSR count). The Bertz CT molecular complexity index is 1560. The molecule has 3 aromatic carbocycles. The number of anilines is 1. The zero-order valence-electron chi connectivity index (χ0n) is 21.9. The molecular weight excluding hydrogens is 538 g/mol. The number of nitrogens with zero attached hydrogens (tertiary/aromatic N) is 2. The smallest absolute Gasteiger partial charge is 0.261 e. The lowest BCUT2D eigenvalue weighted by atomic mass is 10.1. The number of sulfonamides is 1. The van der Waals surface area contributed by atoms with Gasteiger partial charge in [0.1, 0.15) is 11.5 Å². The summed E-state index contributed by atoms with van der Waals surface area (Å²) in [6, 6.07) is 15.6. The van der Waals surface area contributed by atoms with E-state index in [0.29, 0.717) is 29.9 Å². The average Bonchev–Trinajstić information content (AvgIpc) is 3.22. The van der Waals surface area contributed by atoms with Crippen LogP contribution < -0.4 is 14.8 Å². The van der Waals surface area contributed by atoms with Crippen molar-refractivity contribution < 1.29 is 37.0 Å². The SMILES string of the molecule is COc1ccc(S(=O)(=O)N2CCOCC2)cc1NC(=O)c1cc(CN2C(=O)c3ccccc3C2=O)ccc1OC. The number of hydrogen-bond donors (Lipinski definition) is 1. The third kappa shape index (κ3) is 5.04. The van der Waals surface area contributed by atoms with Crippen LogP contribution in [-0.4, -0.2) is 75.9 Å². The molecule has 208 valence electrons. The zero-order valence-corrected chi connectivity index (χ0v) is 22.7. The van der Waals surface area contributed by atoms with Gasteiger partial charge in [0.15, 0.2) is 0 Å². The molecule has 12 heteroatoms. The monoisotopic (exact) mass is 565 g/mol. The predicted octanol–water partition coefficient (Wildman–Crippen LogP) is 2.77. The van der Waals surface area contributed by atoms with E-state index in [0.717, 1.165) is 4.90 Å². The van der Waals surface area contributed by atoms with Crippen LogP contribution in [0.4, 0.5) is 5.69 Å². The van der Waals surface area contributed by atoms with E-state index in [4.69, 9.17) is 14.2 Å². The van der Waals surface area contributed by atoms with Gasteiger partial charge >= 0.3 is 0 Å². The van der Waals surface area contributed by atoms with Crippen LogP contribution in [0.1, 0.15) is 36.6 Å².